The van der Waals surface area contributed by atoms with Crippen molar-refractivity contribution in [1.29, 1.82) is 0 Å². The third-order valence-electron chi connectivity index (χ3n) is 2.50. The zero-order valence-corrected chi connectivity index (χ0v) is 10.6. The van der Waals surface area contributed by atoms with E-state index in [9.17, 15) is 9.90 Å². The maximum atomic E-state index is 11.5. The molecule has 0 aliphatic rings. The third-order valence-corrected chi connectivity index (χ3v) is 2.50. The molecule has 1 atom stereocenters. The molecular formula is C14H20N2O2. The second kappa shape index (κ2) is 7.50. The number of amides is 1. The van der Waals surface area contributed by atoms with E-state index in [1.165, 1.54) is 6.08 Å². The van der Waals surface area contributed by atoms with Crippen molar-refractivity contribution in [1.82, 2.24) is 5.32 Å². The van der Waals surface area contributed by atoms with Crippen molar-refractivity contribution in [3.63, 3.8) is 0 Å². The van der Waals surface area contributed by atoms with E-state index >= 15 is 0 Å². The van der Waals surface area contributed by atoms with Crippen LogP contribution in [0.15, 0.2) is 30.3 Å². The molecule has 0 aliphatic carbocycles. The number of benzene rings is 1. The van der Waals surface area contributed by atoms with Gasteiger partial charge in [-0.15, -0.1) is 0 Å². The Bertz CT molecular complexity index is 399. The zero-order chi connectivity index (χ0) is 13.4. The Morgan fingerprint density at radius 3 is 2.72 bits per heavy atom. The summed E-state index contributed by atoms with van der Waals surface area (Å²) in [6, 6.07) is 7.24. The monoisotopic (exact) mass is 248 g/mol. The summed E-state index contributed by atoms with van der Waals surface area (Å²) in [6.45, 7) is 2.28. The molecule has 0 aromatic heterocycles. The van der Waals surface area contributed by atoms with Crippen molar-refractivity contribution in [2.75, 3.05) is 12.3 Å². The summed E-state index contributed by atoms with van der Waals surface area (Å²) in [5, 5.41) is 12.1. The SMILES string of the molecule is CCCC(O)CNC(=O)/C=C/c1ccc(N)cc1. The topological polar surface area (TPSA) is 75.3 Å². The Hall–Kier alpha value is -1.81. The van der Waals surface area contributed by atoms with Gasteiger partial charge in [0.1, 0.15) is 0 Å². The average Bonchev–Trinajstić information content (AvgIpc) is 2.36. The number of nitrogens with one attached hydrogen (secondary N) is 1. The number of anilines is 1. The maximum Gasteiger partial charge on any atom is 0.244 e. The molecule has 0 saturated heterocycles. The first kappa shape index (κ1) is 14.3. The number of hydrogen-bond donors (Lipinski definition) is 3. The van der Waals surface area contributed by atoms with E-state index in [2.05, 4.69) is 5.32 Å². The largest absolute Gasteiger partial charge is 0.399 e. The molecule has 4 N–H and O–H groups in total. The normalized spacial score (nSPS) is 12.6. The third kappa shape index (κ3) is 5.50. The summed E-state index contributed by atoms with van der Waals surface area (Å²) in [6.07, 6.45) is 4.29. The maximum absolute atomic E-state index is 11.5. The van der Waals surface area contributed by atoms with Crippen molar-refractivity contribution < 1.29 is 9.90 Å². The highest BCUT2D eigenvalue weighted by molar-refractivity contribution is 5.91. The van der Waals surface area contributed by atoms with Gasteiger partial charge in [0.25, 0.3) is 0 Å². The highest BCUT2D eigenvalue weighted by Crippen LogP contribution is 2.06. The Kier molecular flexibility index (Phi) is 5.94. The van der Waals surface area contributed by atoms with E-state index in [4.69, 9.17) is 5.73 Å². The van der Waals surface area contributed by atoms with Gasteiger partial charge >= 0.3 is 0 Å². The fourth-order valence-electron chi connectivity index (χ4n) is 1.49. The molecule has 98 valence electrons. The molecule has 18 heavy (non-hydrogen) atoms. The van der Waals surface area contributed by atoms with E-state index < -0.39 is 6.10 Å². The van der Waals surface area contributed by atoms with Crippen LogP contribution in [-0.2, 0) is 4.79 Å². The second-order valence-corrected chi connectivity index (χ2v) is 4.19. The molecule has 0 heterocycles. The number of nitrogens with two attached hydrogens (primary N) is 1. The number of hydrogen-bond acceptors (Lipinski definition) is 3. The van der Waals surface area contributed by atoms with Gasteiger partial charge in [-0.05, 0) is 30.2 Å². The van der Waals surface area contributed by atoms with Crippen LogP contribution < -0.4 is 11.1 Å². The minimum atomic E-state index is -0.469. The minimum Gasteiger partial charge on any atom is -0.399 e. The molecule has 0 saturated carbocycles. The highest BCUT2D eigenvalue weighted by atomic mass is 16.3. The van der Waals surface area contributed by atoms with Crippen LogP contribution in [0.25, 0.3) is 6.08 Å². The number of carbonyl (C=O) groups excluding carboxylic acids is 1. The minimum absolute atomic E-state index is 0.207. The zero-order valence-electron chi connectivity index (χ0n) is 10.6. The lowest BCUT2D eigenvalue weighted by molar-refractivity contribution is -0.116. The number of rotatable bonds is 6. The first-order valence-electron chi connectivity index (χ1n) is 6.11. The fourth-order valence-corrected chi connectivity index (χ4v) is 1.49. The summed E-state index contributed by atoms with van der Waals surface area (Å²) in [5.41, 5.74) is 7.17. The molecule has 0 aliphatic heterocycles. The van der Waals surface area contributed by atoms with E-state index in [0.29, 0.717) is 18.7 Å². The van der Waals surface area contributed by atoms with Crippen LogP contribution in [0.4, 0.5) is 5.69 Å². The van der Waals surface area contributed by atoms with Gasteiger partial charge in [0.2, 0.25) is 5.91 Å². The lowest BCUT2D eigenvalue weighted by Gasteiger charge is -2.08. The van der Waals surface area contributed by atoms with Crippen molar-refractivity contribution in [3.05, 3.63) is 35.9 Å². The molecule has 0 bridgehead atoms. The van der Waals surface area contributed by atoms with Gasteiger partial charge in [-0.2, -0.15) is 0 Å². The van der Waals surface area contributed by atoms with Crippen LogP contribution >= 0.6 is 0 Å². The molecule has 1 amide bonds. The van der Waals surface area contributed by atoms with Crippen LogP contribution in [0.3, 0.4) is 0 Å². The Morgan fingerprint density at radius 1 is 1.44 bits per heavy atom. The second-order valence-electron chi connectivity index (χ2n) is 4.19. The van der Waals surface area contributed by atoms with Crippen LogP contribution in [0.1, 0.15) is 25.3 Å². The molecule has 4 heteroatoms. The number of aliphatic hydroxyl groups is 1. The molecule has 0 fully saturated rings. The lowest BCUT2D eigenvalue weighted by Crippen LogP contribution is -2.30. The van der Waals surface area contributed by atoms with Gasteiger partial charge in [-0.25, -0.2) is 0 Å². The molecule has 1 rings (SSSR count). The summed E-state index contributed by atoms with van der Waals surface area (Å²) < 4.78 is 0. The van der Waals surface area contributed by atoms with Crippen molar-refractivity contribution in [2.24, 2.45) is 0 Å². The Labute approximate surface area is 108 Å². The predicted molar refractivity (Wildman–Crippen MR) is 73.8 cm³/mol. The summed E-state index contributed by atoms with van der Waals surface area (Å²) in [5.74, 6) is -0.207. The number of carbonyl (C=O) groups is 1. The van der Waals surface area contributed by atoms with E-state index in [1.54, 1.807) is 18.2 Å². The predicted octanol–water partition coefficient (Wildman–Crippen LogP) is 1.56. The summed E-state index contributed by atoms with van der Waals surface area (Å²) in [7, 11) is 0. The molecule has 0 radical (unpaired) electrons. The average molecular weight is 248 g/mol. The molecule has 4 nitrogen and oxygen atoms in total. The first-order valence-corrected chi connectivity index (χ1v) is 6.11. The lowest BCUT2D eigenvalue weighted by atomic mass is 10.2. The van der Waals surface area contributed by atoms with Gasteiger partial charge in [0, 0.05) is 18.3 Å². The van der Waals surface area contributed by atoms with Crippen molar-refractivity contribution in [3.8, 4) is 0 Å². The molecule has 1 aromatic rings. The van der Waals surface area contributed by atoms with Gasteiger partial charge < -0.3 is 16.2 Å². The summed E-state index contributed by atoms with van der Waals surface area (Å²) >= 11 is 0. The van der Waals surface area contributed by atoms with E-state index in [-0.39, 0.29) is 5.91 Å². The number of nitrogen functional groups attached to an aromatic ring is 1. The van der Waals surface area contributed by atoms with E-state index in [1.807, 2.05) is 19.1 Å². The fraction of sp³-hybridized carbons (Fsp3) is 0.357. The van der Waals surface area contributed by atoms with Gasteiger partial charge in [0.15, 0.2) is 0 Å². The first-order chi connectivity index (χ1) is 8.61. The van der Waals surface area contributed by atoms with Crippen LogP contribution in [0, 0.1) is 0 Å². The summed E-state index contributed by atoms with van der Waals surface area (Å²) in [4.78, 5) is 11.5. The van der Waals surface area contributed by atoms with Gasteiger partial charge in [-0.1, -0.05) is 25.5 Å². The smallest absolute Gasteiger partial charge is 0.244 e. The van der Waals surface area contributed by atoms with Crippen molar-refractivity contribution >= 4 is 17.7 Å². The van der Waals surface area contributed by atoms with Gasteiger partial charge in [0.05, 0.1) is 6.10 Å². The molecule has 1 unspecified atom stereocenters. The highest BCUT2D eigenvalue weighted by Gasteiger charge is 2.03. The molecule has 0 spiro atoms. The van der Waals surface area contributed by atoms with E-state index in [0.717, 1.165) is 12.0 Å². The molecule has 1 aromatic carbocycles. The standard InChI is InChI=1S/C14H20N2O2/c1-2-3-13(17)10-16-14(18)9-6-11-4-7-12(15)8-5-11/h4-9,13,17H,2-3,10,15H2,1H3,(H,16,18)/b9-6+. The molecular weight excluding hydrogens is 228 g/mol. The van der Waals surface area contributed by atoms with Crippen LogP contribution in [0.5, 0.6) is 0 Å². The van der Waals surface area contributed by atoms with Crippen LogP contribution in [-0.4, -0.2) is 23.7 Å². The Morgan fingerprint density at radius 2 is 2.11 bits per heavy atom. The Balaban J connectivity index is 2.37. The quantitative estimate of drug-likeness (QED) is 0.528. The van der Waals surface area contributed by atoms with Gasteiger partial charge in [-0.3, -0.25) is 4.79 Å². The van der Waals surface area contributed by atoms with Crippen molar-refractivity contribution in [2.45, 2.75) is 25.9 Å². The number of aliphatic hydroxyl groups excluding tert-OH is 1. The van der Waals surface area contributed by atoms with Crippen LogP contribution in [0.2, 0.25) is 0 Å².